The van der Waals surface area contributed by atoms with Gasteiger partial charge in [-0.2, -0.15) is 0 Å². The first-order valence-corrected chi connectivity index (χ1v) is 17.9. The summed E-state index contributed by atoms with van der Waals surface area (Å²) in [6.45, 7) is 0. The second-order valence-corrected chi connectivity index (χ2v) is 14.0. The zero-order valence-corrected chi connectivity index (χ0v) is 28.1. The maximum atomic E-state index is 4.83. The maximum Gasteiger partial charge on any atom is 0.0792 e. The minimum absolute atomic E-state index is 1.08. The average Bonchev–Trinajstić information content (AvgIpc) is 3.83. The summed E-state index contributed by atoms with van der Waals surface area (Å²) in [6, 6.07) is 62.4. The average molecular weight is 660 g/mol. The normalized spacial score (nSPS) is 12.2. The number of benzene rings is 8. The molecule has 11 aromatic rings. The minimum Gasteiger partial charge on any atom is -0.309 e. The van der Waals surface area contributed by atoms with Crippen LogP contribution in [0.4, 0.5) is 0 Å². The zero-order valence-electron chi connectivity index (χ0n) is 28.1. The molecule has 3 aromatic heterocycles. The third-order valence-corrected chi connectivity index (χ3v) is 11.2. The number of nitrogens with zero attached hydrogens (tertiary/aromatic N) is 3. The van der Waals surface area contributed by atoms with Crippen molar-refractivity contribution in [3.63, 3.8) is 0 Å². The van der Waals surface area contributed by atoms with Crippen LogP contribution in [0.3, 0.4) is 0 Å². The molecule has 0 saturated carbocycles. The number of rotatable bonds is 3. The van der Waals surface area contributed by atoms with Crippen molar-refractivity contribution in [3.05, 3.63) is 176 Å². The second kappa shape index (κ2) is 10.3. The molecule has 0 unspecified atom stereocenters. The minimum atomic E-state index is 1.08. The Hall–Kier alpha value is -6.97. The van der Waals surface area contributed by atoms with E-state index in [0.29, 0.717) is 0 Å². The van der Waals surface area contributed by atoms with Crippen LogP contribution >= 0.6 is 0 Å². The van der Waals surface area contributed by atoms with Gasteiger partial charge in [0.15, 0.2) is 0 Å². The largest absolute Gasteiger partial charge is 0.309 e. The molecule has 8 aromatic carbocycles. The molecular formula is C49H29N3. The molecule has 0 atom stereocenters. The van der Waals surface area contributed by atoms with Crippen LogP contribution in [0.15, 0.2) is 176 Å². The first-order chi connectivity index (χ1) is 25.8. The summed E-state index contributed by atoms with van der Waals surface area (Å²) in [6.07, 6.45) is 1.95. The SMILES string of the molecule is c1ccc(-n2c3ccccc3c3cc(-c4ccc5c(c4)c4cc6ccccc6cc4n5-c4cc5c6c(nccc6c4)-c4ccccc4-5)ccc32)cc1. The molecule has 3 heterocycles. The molecule has 0 amide bonds. The van der Waals surface area contributed by atoms with Crippen LogP contribution in [0.5, 0.6) is 0 Å². The Morgan fingerprint density at radius 1 is 0.346 bits per heavy atom. The van der Waals surface area contributed by atoms with E-state index in [9.17, 15) is 0 Å². The third kappa shape index (κ3) is 3.77. The van der Waals surface area contributed by atoms with Gasteiger partial charge >= 0.3 is 0 Å². The standard InChI is InChI=1S/C49H29N3/c1-2-12-35(13-3-1)51-44-17-9-8-15-38(44)40-26-32(18-20-45(40)51)33-19-21-46-41(27-33)42-25-30-10-4-5-11-31(30)28-47(42)52(46)36-24-34-22-23-50-49-39-16-7-6-14-37(39)43(29-36)48(34)49/h1-29H. The first-order valence-electron chi connectivity index (χ1n) is 17.9. The van der Waals surface area contributed by atoms with Gasteiger partial charge in [0.05, 0.1) is 27.8 Å². The lowest BCUT2D eigenvalue weighted by Crippen LogP contribution is -1.95. The molecule has 52 heavy (non-hydrogen) atoms. The van der Waals surface area contributed by atoms with E-state index in [0.717, 1.165) is 11.4 Å². The molecular weight excluding hydrogens is 631 g/mol. The van der Waals surface area contributed by atoms with Gasteiger partial charge in [0, 0.05) is 50.1 Å². The van der Waals surface area contributed by atoms with E-state index in [4.69, 9.17) is 4.98 Å². The lowest BCUT2D eigenvalue weighted by Gasteiger charge is -2.12. The van der Waals surface area contributed by atoms with Crippen molar-refractivity contribution in [1.82, 2.24) is 14.1 Å². The molecule has 3 nitrogen and oxygen atoms in total. The molecule has 0 spiro atoms. The smallest absolute Gasteiger partial charge is 0.0792 e. The molecule has 3 heteroatoms. The molecule has 0 N–H and O–H groups in total. The van der Waals surface area contributed by atoms with E-state index in [1.54, 1.807) is 0 Å². The van der Waals surface area contributed by atoms with E-state index in [-0.39, 0.29) is 0 Å². The fourth-order valence-corrected chi connectivity index (χ4v) is 8.94. The third-order valence-electron chi connectivity index (χ3n) is 11.2. The Balaban J connectivity index is 1.11. The molecule has 0 saturated heterocycles. The first kappa shape index (κ1) is 27.8. The summed E-state index contributed by atoms with van der Waals surface area (Å²) in [5, 5.41) is 9.96. The van der Waals surface area contributed by atoms with Gasteiger partial charge in [0.1, 0.15) is 0 Å². The van der Waals surface area contributed by atoms with Gasteiger partial charge < -0.3 is 9.13 Å². The molecule has 0 radical (unpaired) electrons. The monoisotopic (exact) mass is 659 g/mol. The van der Waals surface area contributed by atoms with E-state index in [1.165, 1.54) is 98.7 Å². The Kier molecular flexibility index (Phi) is 5.50. The topological polar surface area (TPSA) is 22.8 Å². The number of aromatic nitrogens is 3. The highest BCUT2D eigenvalue weighted by Gasteiger charge is 2.24. The van der Waals surface area contributed by atoms with Crippen LogP contribution < -0.4 is 0 Å². The number of hydrogen-bond donors (Lipinski definition) is 0. The summed E-state index contributed by atoms with van der Waals surface area (Å²) >= 11 is 0. The van der Waals surface area contributed by atoms with E-state index in [1.807, 2.05) is 6.20 Å². The Morgan fingerprint density at radius 2 is 0.962 bits per heavy atom. The molecule has 0 fully saturated rings. The lowest BCUT2D eigenvalue weighted by atomic mass is 10.00. The van der Waals surface area contributed by atoms with Gasteiger partial charge in [-0.05, 0) is 111 Å². The van der Waals surface area contributed by atoms with Crippen molar-refractivity contribution >= 4 is 65.2 Å². The summed E-state index contributed by atoms with van der Waals surface area (Å²) in [5.41, 5.74) is 14.4. The van der Waals surface area contributed by atoms with E-state index < -0.39 is 0 Å². The van der Waals surface area contributed by atoms with Crippen LogP contribution in [-0.2, 0) is 0 Å². The number of pyridine rings is 1. The zero-order chi connectivity index (χ0) is 33.9. The van der Waals surface area contributed by atoms with Crippen molar-refractivity contribution in [2.75, 3.05) is 0 Å². The highest BCUT2D eigenvalue weighted by molar-refractivity contribution is 6.18. The summed E-state index contributed by atoms with van der Waals surface area (Å²) in [7, 11) is 0. The molecule has 240 valence electrons. The fraction of sp³-hybridized carbons (Fsp3) is 0. The summed E-state index contributed by atoms with van der Waals surface area (Å²) in [4.78, 5) is 4.83. The van der Waals surface area contributed by atoms with Crippen LogP contribution in [-0.4, -0.2) is 14.1 Å². The van der Waals surface area contributed by atoms with Gasteiger partial charge in [-0.1, -0.05) is 97.1 Å². The van der Waals surface area contributed by atoms with Gasteiger partial charge in [0.25, 0.3) is 0 Å². The molecule has 0 aliphatic heterocycles. The Morgan fingerprint density at radius 3 is 1.77 bits per heavy atom. The molecule has 12 rings (SSSR count). The van der Waals surface area contributed by atoms with Crippen molar-refractivity contribution < 1.29 is 0 Å². The van der Waals surface area contributed by atoms with Crippen molar-refractivity contribution in [2.24, 2.45) is 0 Å². The Labute approximate surface area is 299 Å². The van der Waals surface area contributed by atoms with Crippen molar-refractivity contribution in [2.45, 2.75) is 0 Å². The van der Waals surface area contributed by atoms with Gasteiger partial charge in [-0.3, -0.25) is 4.98 Å². The van der Waals surface area contributed by atoms with Crippen molar-refractivity contribution in [3.8, 4) is 44.9 Å². The lowest BCUT2D eigenvalue weighted by molar-refractivity contribution is 1.18. The fourth-order valence-electron chi connectivity index (χ4n) is 8.94. The molecule has 1 aliphatic carbocycles. The van der Waals surface area contributed by atoms with Gasteiger partial charge in [-0.25, -0.2) is 0 Å². The van der Waals surface area contributed by atoms with Crippen LogP contribution in [0.2, 0.25) is 0 Å². The van der Waals surface area contributed by atoms with Crippen LogP contribution in [0.25, 0.3) is 110 Å². The number of hydrogen-bond acceptors (Lipinski definition) is 1. The van der Waals surface area contributed by atoms with Gasteiger partial charge in [0.2, 0.25) is 0 Å². The van der Waals surface area contributed by atoms with E-state index >= 15 is 0 Å². The second-order valence-electron chi connectivity index (χ2n) is 14.0. The quantitative estimate of drug-likeness (QED) is 0.185. The predicted molar refractivity (Wildman–Crippen MR) is 218 cm³/mol. The van der Waals surface area contributed by atoms with E-state index in [2.05, 4.69) is 179 Å². The molecule has 1 aliphatic rings. The molecule has 0 bridgehead atoms. The maximum absolute atomic E-state index is 4.83. The van der Waals surface area contributed by atoms with Crippen LogP contribution in [0.1, 0.15) is 0 Å². The predicted octanol–water partition coefficient (Wildman–Crippen LogP) is 12.9. The Bertz CT molecular complexity index is 3290. The summed E-state index contributed by atoms with van der Waals surface area (Å²) in [5.74, 6) is 0. The number of fused-ring (bicyclic) bond motifs is 10. The van der Waals surface area contributed by atoms with Gasteiger partial charge in [-0.15, -0.1) is 0 Å². The number of para-hydroxylation sites is 2. The summed E-state index contributed by atoms with van der Waals surface area (Å²) < 4.78 is 4.84. The van der Waals surface area contributed by atoms with Crippen molar-refractivity contribution in [1.29, 1.82) is 0 Å². The highest BCUT2D eigenvalue weighted by atomic mass is 15.0. The highest BCUT2D eigenvalue weighted by Crippen LogP contribution is 2.48. The van der Waals surface area contributed by atoms with Crippen LogP contribution in [0, 0.1) is 0 Å².